The fourth-order valence-electron chi connectivity index (χ4n) is 2.09. The molecule has 1 aliphatic heterocycles. The van der Waals surface area contributed by atoms with Crippen molar-refractivity contribution in [1.29, 1.82) is 0 Å². The standard InChI is InChI=1S/C12H17FN2O3S/c1-8(9-4-5-18-7-9)15-19(16,17)12-6-10(13)2-3-11(12)14/h2-3,6,8-9,15H,4-5,7,14H2,1H3. The van der Waals surface area contributed by atoms with Crippen molar-refractivity contribution in [1.82, 2.24) is 4.72 Å². The van der Waals surface area contributed by atoms with Gasteiger partial charge in [-0.2, -0.15) is 0 Å². The number of hydrogen-bond donors (Lipinski definition) is 2. The van der Waals surface area contributed by atoms with Gasteiger partial charge in [0.15, 0.2) is 0 Å². The van der Waals surface area contributed by atoms with Crippen LogP contribution >= 0.6 is 0 Å². The van der Waals surface area contributed by atoms with Crippen LogP contribution in [0, 0.1) is 11.7 Å². The number of hydrogen-bond acceptors (Lipinski definition) is 4. The zero-order chi connectivity index (χ0) is 14.0. The van der Waals surface area contributed by atoms with Crippen molar-refractivity contribution in [3.05, 3.63) is 24.0 Å². The maximum Gasteiger partial charge on any atom is 0.242 e. The Kier molecular flexibility index (Phi) is 4.07. The minimum atomic E-state index is -3.82. The van der Waals surface area contributed by atoms with Crippen molar-refractivity contribution in [2.24, 2.45) is 5.92 Å². The predicted octanol–water partition coefficient (Wildman–Crippen LogP) is 1.11. The van der Waals surface area contributed by atoms with E-state index in [1.807, 2.05) is 0 Å². The van der Waals surface area contributed by atoms with E-state index in [1.54, 1.807) is 6.92 Å². The van der Waals surface area contributed by atoms with Gasteiger partial charge in [0.05, 0.1) is 12.3 Å². The third-order valence-electron chi connectivity index (χ3n) is 3.28. The normalized spacial score (nSPS) is 21.5. The van der Waals surface area contributed by atoms with E-state index in [0.717, 1.165) is 18.6 Å². The highest BCUT2D eigenvalue weighted by Gasteiger charge is 2.27. The molecule has 0 saturated carbocycles. The van der Waals surface area contributed by atoms with E-state index in [0.29, 0.717) is 13.2 Å². The van der Waals surface area contributed by atoms with Crippen LogP contribution < -0.4 is 10.5 Å². The van der Waals surface area contributed by atoms with E-state index in [4.69, 9.17) is 10.5 Å². The van der Waals surface area contributed by atoms with Gasteiger partial charge in [0.1, 0.15) is 10.7 Å². The summed E-state index contributed by atoms with van der Waals surface area (Å²) in [5, 5.41) is 0. The number of sulfonamides is 1. The van der Waals surface area contributed by atoms with Gasteiger partial charge in [-0.25, -0.2) is 17.5 Å². The zero-order valence-electron chi connectivity index (χ0n) is 10.6. The molecule has 0 spiro atoms. The molecular formula is C12H17FN2O3S. The third kappa shape index (κ3) is 3.23. The number of benzene rings is 1. The van der Waals surface area contributed by atoms with Gasteiger partial charge in [0.2, 0.25) is 10.0 Å². The molecule has 0 aliphatic carbocycles. The van der Waals surface area contributed by atoms with E-state index in [9.17, 15) is 12.8 Å². The number of nitrogens with two attached hydrogens (primary N) is 1. The van der Waals surface area contributed by atoms with Gasteiger partial charge in [-0.15, -0.1) is 0 Å². The van der Waals surface area contributed by atoms with Crippen LogP contribution in [-0.4, -0.2) is 27.7 Å². The number of nitrogens with one attached hydrogen (secondary N) is 1. The summed E-state index contributed by atoms with van der Waals surface area (Å²) in [6, 6.07) is 3.01. The van der Waals surface area contributed by atoms with Gasteiger partial charge in [-0.1, -0.05) is 0 Å². The molecule has 0 bridgehead atoms. The Labute approximate surface area is 112 Å². The summed E-state index contributed by atoms with van der Waals surface area (Å²) in [5.74, 6) is -0.504. The minimum absolute atomic E-state index is 0.0313. The SMILES string of the molecule is CC(NS(=O)(=O)c1cc(F)ccc1N)C1CCOC1. The summed E-state index contributed by atoms with van der Waals surface area (Å²) in [4.78, 5) is -0.224. The third-order valence-corrected chi connectivity index (χ3v) is 4.89. The second-order valence-electron chi connectivity index (χ2n) is 4.72. The average molecular weight is 288 g/mol. The van der Waals surface area contributed by atoms with Gasteiger partial charge in [0.25, 0.3) is 0 Å². The average Bonchev–Trinajstić information content (AvgIpc) is 2.85. The first kappa shape index (κ1) is 14.2. The molecule has 3 N–H and O–H groups in total. The first-order valence-electron chi connectivity index (χ1n) is 6.05. The quantitative estimate of drug-likeness (QED) is 0.813. The van der Waals surface area contributed by atoms with Crippen LogP contribution in [-0.2, 0) is 14.8 Å². The molecule has 1 aliphatic rings. The Morgan fingerprint density at radius 2 is 2.26 bits per heavy atom. The Bertz CT molecular complexity index is 556. The molecule has 19 heavy (non-hydrogen) atoms. The summed E-state index contributed by atoms with van der Waals surface area (Å²) < 4.78 is 45.2. The van der Waals surface area contributed by atoms with Crippen LogP contribution in [0.3, 0.4) is 0 Å². The lowest BCUT2D eigenvalue weighted by Crippen LogP contribution is -2.38. The summed E-state index contributed by atoms with van der Waals surface area (Å²) in [7, 11) is -3.82. The number of anilines is 1. The fourth-order valence-corrected chi connectivity index (χ4v) is 3.55. The molecule has 5 nitrogen and oxygen atoms in total. The van der Waals surface area contributed by atoms with Gasteiger partial charge in [0, 0.05) is 18.6 Å². The van der Waals surface area contributed by atoms with E-state index in [2.05, 4.69) is 4.72 Å². The molecule has 1 heterocycles. The monoisotopic (exact) mass is 288 g/mol. The van der Waals surface area contributed by atoms with Crippen LogP contribution in [0.5, 0.6) is 0 Å². The van der Waals surface area contributed by atoms with Gasteiger partial charge in [-0.3, -0.25) is 0 Å². The Morgan fingerprint density at radius 3 is 2.89 bits per heavy atom. The number of rotatable bonds is 4. The van der Waals surface area contributed by atoms with Crippen LogP contribution in [0.4, 0.5) is 10.1 Å². The first-order chi connectivity index (χ1) is 8.90. The predicted molar refractivity (Wildman–Crippen MR) is 69.5 cm³/mol. The molecule has 106 valence electrons. The molecule has 2 atom stereocenters. The Balaban J connectivity index is 2.19. The number of halogens is 1. The molecule has 1 saturated heterocycles. The fraction of sp³-hybridized carbons (Fsp3) is 0.500. The second kappa shape index (κ2) is 5.44. The molecule has 0 amide bonds. The molecule has 1 aromatic rings. The van der Waals surface area contributed by atoms with Crippen LogP contribution in [0.1, 0.15) is 13.3 Å². The first-order valence-corrected chi connectivity index (χ1v) is 7.53. The number of nitrogen functional groups attached to an aromatic ring is 1. The highest BCUT2D eigenvalue weighted by atomic mass is 32.2. The van der Waals surface area contributed by atoms with E-state index < -0.39 is 15.8 Å². The molecule has 1 fully saturated rings. The van der Waals surface area contributed by atoms with Crippen molar-refractivity contribution < 1.29 is 17.5 Å². The molecule has 2 unspecified atom stereocenters. The lowest BCUT2D eigenvalue weighted by molar-refractivity contribution is 0.180. The van der Waals surface area contributed by atoms with Crippen LogP contribution in [0.15, 0.2) is 23.1 Å². The summed E-state index contributed by atoms with van der Waals surface area (Å²) in [5.41, 5.74) is 5.63. The summed E-state index contributed by atoms with van der Waals surface area (Å²) in [6.07, 6.45) is 0.808. The summed E-state index contributed by atoms with van der Waals surface area (Å²) >= 11 is 0. The van der Waals surface area contributed by atoms with Crippen molar-refractivity contribution >= 4 is 15.7 Å². The smallest absolute Gasteiger partial charge is 0.242 e. The summed E-state index contributed by atoms with van der Waals surface area (Å²) in [6.45, 7) is 2.94. The zero-order valence-corrected chi connectivity index (χ0v) is 11.4. The maximum absolute atomic E-state index is 13.1. The van der Waals surface area contributed by atoms with Crippen molar-refractivity contribution in [2.45, 2.75) is 24.3 Å². The van der Waals surface area contributed by atoms with Crippen LogP contribution in [0.2, 0.25) is 0 Å². The Morgan fingerprint density at radius 1 is 1.53 bits per heavy atom. The molecule has 2 rings (SSSR count). The largest absolute Gasteiger partial charge is 0.398 e. The van der Waals surface area contributed by atoms with E-state index >= 15 is 0 Å². The second-order valence-corrected chi connectivity index (χ2v) is 6.40. The van der Waals surface area contributed by atoms with Gasteiger partial charge >= 0.3 is 0 Å². The topological polar surface area (TPSA) is 81.4 Å². The molecular weight excluding hydrogens is 271 g/mol. The lowest BCUT2D eigenvalue weighted by Gasteiger charge is -2.19. The van der Waals surface area contributed by atoms with Crippen molar-refractivity contribution in [3.63, 3.8) is 0 Å². The van der Waals surface area contributed by atoms with Crippen molar-refractivity contribution in [2.75, 3.05) is 18.9 Å². The minimum Gasteiger partial charge on any atom is -0.398 e. The van der Waals surface area contributed by atoms with E-state index in [-0.39, 0.29) is 22.5 Å². The van der Waals surface area contributed by atoms with Crippen LogP contribution in [0.25, 0.3) is 0 Å². The van der Waals surface area contributed by atoms with Gasteiger partial charge < -0.3 is 10.5 Å². The molecule has 7 heteroatoms. The Hall–Kier alpha value is -1.18. The van der Waals surface area contributed by atoms with E-state index in [1.165, 1.54) is 6.07 Å². The van der Waals surface area contributed by atoms with Crippen molar-refractivity contribution in [3.8, 4) is 0 Å². The highest BCUT2D eigenvalue weighted by Crippen LogP contribution is 2.22. The maximum atomic E-state index is 13.1. The highest BCUT2D eigenvalue weighted by molar-refractivity contribution is 7.89. The molecule has 0 radical (unpaired) electrons. The molecule has 0 aromatic heterocycles. The molecule has 1 aromatic carbocycles. The lowest BCUT2D eigenvalue weighted by atomic mass is 10.0. The van der Waals surface area contributed by atoms with Gasteiger partial charge in [-0.05, 0) is 31.5 Å². The number of ether oxygens (including phenoxy) is 1.